The Labute approximate surface area is 159 Å². The van der Waals surface area contributed by atoms with Gasteiger partial charge in [-0.2, -0.15) is 0 Å². The van der Waals surface area contributed by atoms with E-state index >= 15 is 0 Å². The average molecular weight is 377 g/mol. The minimum absolute atomic E-state index is 0.161. The van der Waals surface area contributed by atoms with E-state index in [1.807, 2.05) is 73.0 Å². The average Bonchev–Trinajstić information content (AvgIpc) is 3.33. The van der Waals surface area contributed by atoms with Crippen molar-refractivity contribution in [3.63, 3.8) is 0 Å². The molecule has 4 rings (SSSR count). The van der Waals surface area contributed by atoms with Crippen molar-refractivity contribution in [2.24, 2.45) is 0 Å². The maximum Gasteiger partial charge on any atom is 0.268 e. The molecule has 0 aliphatic rings. The lowest BCUT2D eigenvalue weighted by Crippen LogP contribution is -2.11. The van der Waals surface area contributed by atoms with Crippen molar-refractivity contribution >= 4 is 33.7 Å². The highest BCUT2D eigenvalue weighted by atomic mass is 32.1. The van der Waals surface area contributed by atoms with Crippen LogP contribution in [0.1, 0.15) is 15.2 Å². The summed E-state index contributed by atoms with van der Waals surface area (Å²) in [5, 5.41) is 14.3. The first-order valence-corrected chi connectivity index (χ1v) is 9.75. The van der Waals surface area contributed by atoms with E-state index in [0.717, 1.165) is 21.7 Å². The number of aryl methyl sites for hydroxylation is 1. The summed E-state index contributed by atoms with van der Waals surface area (Å²) in [5.41, 5.74) is 4.14. The molecule has 0 aliphatic heterocycles. The highest BCUT2D eigenvalue weighted by Gasteiger charge is 2.17. The van der Waals surface area contributed by atoms with Crippen molar-refractivity contribution in [2.75, 3.05) is 5.32 Å². The first-order valence-electron chi connectivity index (χ1n) is 8.05. The molecule has 0 fully saturated rings. The van der Waals surface area contributed by atoms with E-state index in [0.29, 0.717) is 10.0 Å². The molecule has 26 heavy (non-hydrogen) atoms. The second-order valence-electron chi connectivity index (χ2n) is 5.76. The summed E-state index contributed by atoms with van der Waals surface area (Å²) in [6.45, 7) is 2.05. The number of carbonyl (C=O) groups is 1. The molecule has 0 saturated carbocycles. The van der Waals surface area contributed by atoms with Crippen molar-refractivity contribution in [1.82, 2.24) is 10.2 Å². The third-order valence-corrected chi connectivity index (χ3v) is 5.70. The van der Waals surface area contributed by atoms with Gasteiger partial charge in [-0.15, -0.1) is 21.5 Å². The minimum Gasteiger partial charge on any atom is -0.296 e. The lowest BCUT2D eigenvalue weighted by molar-refractivity contribution is 0.103. The predicted molar refractivity (Wildman–Crippen MR) is 108 cm³/mol. The molecule has 4 nitrogen and oxygen atoms in total. The van der Waals surface area contributed by atoms with Crippen LogP contribution in [0.2, 0.25) is 0 Å². The van der Waals surface area contributed by atoms with Crippen LogP contribution in [0.4, 0.5) is 5.13 Å². The van der Waals surface area contributed by atoms with Crippen LogP contribution in [0.25, 0.3) is 21.7 Å². The van der Waals surface area contributed by atoms with Gasteiger partial charge in [-0.25, -0.2) is 0 Å². The predicted octanol–water partition coefficient (Wildman–Crippen LogP) is 5.49. The van der Waals surface area contributed by atoms with Gasteiger partial charge >= 0.3 is 0 Å². The first kappa shape index (κ1) is 16.6. The molecule has 0 saturated heterocycles. The second kappa shape index (κ2) is 7.19. The van der Waals surface area contributed by atoms with Crippen molar-refractivity contribution in [1.29, 1.82) is 0 Å². The van der Waals surface area contributed by atoms with Crippen molar-refractivity contribution in [3.8, 4) is 21.7 Å². The van der Waals surface area contributed by atoms with Gasteiger partial charge < -0.3 is 0 Å². The van der Waals surface area contributed by atoms with Crippen LogP contribution in [-0.2, 0) is 0 Å². The van der Waals surface area contributed by atoms with Crippen LogP contribution in [0.3, 0.4) is 0 Å². The standard InChI is InChI=1S/C20H15N3OS2/c1-13-7-9-14(10-8-13)16-11-12-25-17(16)18(24)21-20-23-22-19(26-20)15-5-3-2-4-6-15/h2-12H,1H3,(H,21,23,24). The molecular formula is C20H15N3OS2. The number of carbonyl (C=O) groups excluding carboxylic acids is 1. The molecule has 1 N–H and O–H groups in total. The topological polar surface area (TPSA) is 54.9 Å². The number of thiophene rings is 1. The van der Waals surface area contributed by atoms with Crippen LogP contribution in [-0.4, -0.2) is 16.1 Å². The summed E-state index contributed by atoms with van der Waals surface area (Å²) < 4.78 is 0. The van der Waals surface area contributed by atoms with E-state index in [4.69, 9.17) is 0 Å². The monoisotopic (exact) mass is 377 g/mol. The van der Waals surface area contributed by atoms with Crippen LogP contribution >= 0.6 is 22.7 Å². The fourth-order valence-corrected chi connectivity index (χ4v) is 4.13. The number of hydrogen-bond acceptors (Lipinski definition) is 5. The quantitative estimate of drug-likeness (QED) is 0.511. The molecule has 0 atom stereocenters. The molecule has 0 bridgehead atoms. The number of hydrogen-bond donors (Lipinski definition) is 1. The van der Waals surface area contributed by atoms with E-state index in [9.17, 15) is 4.79 Å². The summed E-state index contributed by atoms with van der Waals surface area (Å²) >= 11 is 2.79. The van der Waals surface area contributed by atoms with Crippen molar-refractivity contribution in [2.45, 2.75) is 6.92 Å². The molecule has 0 unspecified atom stereocenters. The fourth-order valence-electron chi connectivity index (χ4n) is 2.57. The summed E-state index contributed by atoms with van der Waals surface area (Å²) in [7, 11) is 0. The highest BCUT2D eigenvalue weighted by Crippen LogP contribution is 2.31. The Bertz CT molecular complexity index is 1040. The van der Waals surface area contributed by atoms with Gasteiger partial charge in [0, 0.05) is 11.1 Å². The largest absolute Gasteiger partial charge is 0.296 e. The molecule has 2 heterocycles. The molecule has 1 amide bonds. The van der Waals surface area contributed by atoms with Gasteiger partial charge in [-0.1, -0.05) is 71.5 Å². The van der Waals surface area contributed by atoms with Gasteiger partial charge in [0.1, 0.15) is 9.88 Å². The maximum absolute atomic E-state index is 12.7. The van der Waals surface area contributed by atoms with Crippen LogP contribution in [0, 0.1) is 6.92 Å². The summed E-state index contributed by atoms with van der Waals surface area (Å²) in [4.78, 5) is 13.4. The Morgan fingerprint density at radius 3 is 2.46 bits per heavy atom. The van der Waals surface area contributed by atoms with E-state index in [2.05, 4.69) is 15.5 Å². The SMILES string of the molecule is Cc1ccc(-c2ccsc2C(=O)Nc2nnc(-c3ccccc3)s2)cc1. The Morgan fingerprint density at radius 2 is 1.69 bits per heavy atom. The lowest BCUT2D eigenvalue weighted by Gasteiger charge is -2.04. The third-order valence-electron chi connectivity index (χ3n) is 3.90. The fraction of sp³-hybridized carbons (Fsp3) is 0.0500. The van der Waals surface area contributed by atoms with Gasteiger partial charge in [0.05, 0.1) is 0 Å². The summed E-state index contributed by atoms with van der Waals surface area (Å²) in [5.74, 6) is -0.161. The molecule has 0 spiro atoms. The molecule has 4 aromatic rings. The van der Waals surface area contributed by atoms with Crippen molar-refractivity contribution in [3.05, 3.63) is 76.5 Å². The van der Waals surface area contributed by atoms with Crippen LogP contribution in [0.5, 0.6) is 0 Å². The summed E-state index contributed by atoms with van der Waals surface area (Å²) in [6.07, 6.45) is 0. The Kier molecular flexibility index (Phi) is 4.60. The van der Waals surface area contributed by atoms with Gasteiger partial charge in [0.2, 0.25) is 5.13 Å². The smallest absolute Gasteiger partial charge is 0.268 e. The zero-order valence-corrected chi connectivity index (χ0v) is 15.6. The molecule has 6 heteroatoms. The van der Waals surface area contributed by atoms with Crippen LogP contribution < -0.4 is 5.32 Å². The number of anilines is 1. The third kappa shape index (κ3) is 3.42. The number of benzene rings is 2. The number of nitrogens with zero attached hydrogens (tertiary/aromatic N) is 2. The number of rotatable bonds is 4. The molecule has 2 aromatic heterocycles. The highest BCUT2D eigenvalue weighted by molar-refractivity contribution is 7.18. The van der Waals surface area contributed by atoms with Gasteiger partial charge in [-0.3, -0.25) is 10.1 Å². The molecule has 0 radical (unpaired) electrons. The van der Waals surface area contributed by atoms with E-state index in [1.54, 1.807) is 0 Å². The number of nitrogens with one attached hydrogen (secondary N) is 1. The summed E-state index contributed by atoms with van der Waals surface area (Å²) in [6, 6.07) is 19.9. The zero-order chi connectivity index (χ0) is 17.9. The number of amides is 1. The van der Waals surface area contributed by atoms with Gasteiger partial charge in [0.25, 0.3) is 5.91 Å². The molecule has 0 aliphatic carbocycles. The normalized spacial score (nSPS) is 10.7. The van der Waals surface area contributed by atoms with Crippen molar-refractivity contribution < 1.29 is 4.79 Å². The molecule has 128 valence electrons. The van der Waals surface area contributed by atoms with E-state index < -0.39 is 0 Å². The zero-order valence-electron chi connectivity index (χ0n) is 14.0. The molecular weight excluding hydrogens is 362 g/mol. The first-order chi connectivity index (χ1) is 12.7. The Morgan fingerprint density at radius 1 is 0.923 bits per heavy atom. The van der Waals surface area contributed by atoms with Crippen LogP contribution in [0.15, 0.2) is 66.0 Å². The maximum atomic E-state index is 12.7. The van der Waals surface area contributed by atoms with Gasteiger partial charge in [0.15, 0.2) is 0 Å². The van der Waals surface area contributed by atoms with E-state index in [-0.39, 0.29) is 5.91 Å². The van der Waals surface area contributed by atoms with E-state index in [1.165, 1.54) is 28.2 Å². The molecule has 2 aromatic carbocycles. The lowest BCUT2D eigenvalue weighted by atomic mass is 10.0. The number of aromatic nitrogens is 2. The second-order valence-corrected chi connectivity index (χ2v) is 7.66. The minimum atomic E-state index is -0.161. The Balaban J connectivity index is 1.56. The van der Waals surface area contributed by atoms with Gasteiger partial charge in [-0.05, 0) is 23.9 Å². The Hall–Kier alpha value is -2.83.